The Kier molecular flexibility index (Phi) is 11.6. The molecule has 1 aromatic rings. The van der Waals surface area contributed by atoms with Gasteiger partial charge in [0.05, 0.1) is 0 Å². The van der Waals surface area contributed by atoms with E-state index in [0.717, 1.165) is 22.3 Å². The Morgan fingerprint density at radius 1 is 0.691 bits per heavy atom. The van der Waals surface area contributed by atoms with Crippen LogP contribution in [0.5, 0.6) is 0 Å². The topological polar surface area (TPSA) is 138 Å². The summed E-state index contributed by atoms with van der Waals surface area (Å²) in [6.07, 6.45) is 6.20. The minimum atomic E-state index is -6.93. The van der Waals surface area contributed by atoms with Crippen molar-refractivity contribution in [2.75, 3.05) is 28.4 Å². The second kappa shape index (κ2) is 15.9. The van der Waals surface area contributed by atoms with E-state index in [2.05, 4.69) is 0 Å². The molecule has 1 unspecified atom stereocenters. The molecule has 0 fully saturated rings. The van der Waals surface area contributed by atoms with Crippen molar-refractivity contribution in [1.82, 2.24) is 5.91 Å². The third kappa shape index (κ3) is 7.29. The van der Waals surface area contributed by atoms with E-state index in [9.17, 15) is 19.2 Å². The van der Waals surface area contributed by atoms with E-state index in [-0.39, 0.29) is 62.8 Å². The van der Waals surface area contributed by atoms with Crippen LogP contribution in [-0.4, -0.2) is 95.8 Å². The van der Waals surface area contributed by atoms with Crippen molar-refractivity contribution in [3.63, 3.8) is 0 Å². The fraction of sp³-hybridized carbons (Fsp3) is 0.450. The zero-order chi connectivity index (χ0) is 39.9. The third-order valence-electron chi connectivity index (χ3n) is 11.3. The van der Waals surface area contributed by atoms with Crippen molar-refractivity contribution < 1.29 is 43.9 Å². The molecular weight excluding hydrogens is 821 g/mol. The molecule has 6 bridgehead atoms. The Labute approximate surface area is 325 Å². The molecule has 0 saturated heterocycles. The summed E-state index contributed by atoms with van der Waals surface area (Å²) < 4.78 is 59.4. The predicted octanol–water partition coefficient (Wildman–Crippen LogP) is 6.51. The number of hydrogen-bond donors (Lipinski definition) is 0. The third-order valence-corrected chi connectivity index (χ3v) is 17.4. The van der Waals surface area contributed by atoms with E-state index in [1.54, 1.807) is 25.2 Å². The van der Waals surface area contributed by atoms with Crippen molar-refractivity contribution in [2.45, 2.75) is 91.5 Å². The first kappa shape index (κ1) is 40.1. The molecule has 1 aromatic heterocycles. The van der Waals surface area contributed by atoms with Gasteiger partial charge in [0.15, 0.2) is 0 Å². The Morgan fingerprint density at radius 3 is 1.84 bits per heavy atom. The zero-order valence-corrected chi connectivity index (χ0v) is 35.3. The van der Waals surface area contributed by atoms with Gasteiger partial charge in [0.2, 0.25) is 0 Å². The first-order valence-corrected chi connectivity index (χ1v) is 23.0. The molecule has 6 rings (SSSR count). The number of halogens is 2. The SMILES string of the molecule is COC(=O)CCC1=C(C)C2=NC1=Cc1c(C)c(CCC(=O)OC)c3[n]1[Sn]([F])([F])[N]1C(=C2)C(C)=C(CCC(=O)OC)C1CC1=NC(=C3)C(C)=C1CCC(=O)OC. The number of allylic oxidation sites excluding steroid dienone is 6. The van der Waals surface area contributed by atoms with Gasteiger partial charge in [-0.1, -0.05) is 0 Å². The number of rotatable bonds is 12. The molecular formula is C40H46F2N4O8Sn. The van der Waals surface area contributed by atoms with Crippen LogP contribution in [-0.2, 0) is 44.5 Å². The summed E-state index contributed by atoms with van der Waals surface area (Å²) in [7, 11) is 5.23. The fourth-order valence-electron chi connectivity index (χ4n) is 8.22. The number of carbonyl (C=O) groups excluding carboxylic acids is 4. The Morgan fingerprint density at radius 2 is 1.24 bits per heavy atom. The average Bonchev–Trinajstić information content (AvgIpc) is 3.80. The molecule has 12 nitrogen and oxygen atoms in total. The quantitative estimate of drug-likeness (QED) is 0.131. The molecule has 5 aliphatic heterocycles. The standard InChI is InChI=1S/C40H46N4O8.2FH.Sn/c1-21-25(9-13-37(45)49-5)33-18-31-23(3)26(10-14-38(46)50-6)34(43-31)19-32-24(4)28(12-16-40(48)52-8)36(44-32)20-35-27(11-15-39(47)51-7)22(2)30(42-35)17-29(21)41-33;;;/h17-19,35H,9-16,20H2,1-8H3;2*1H;/q-2;;;+4/p-2. The second-order valence-electron chi connectivity index (χ2n) is 14.1. The number of carbonyl (C=O) groups is 4. The Balaban J connectivity index is 1.70. The first-order valence-electron chi connectivity index (χ1n) is 18.3. The first-order chi connectivity index (χ1) is 26.2. The molecule has 0 spiro atoms. The van der Waals surface area contributed by atoms with Crippen LogP contribution in [0.4, 0.5) is 5.73 Å². The zero-order valence-electron chi connectivity index (χ0n) is 32.5. The van der Waals surface area contributed by atoms with Gasteiger partial charge in [-0.15, -0.1) is 0 Å². The van der Waals surface area contributed by atoms with Crippen molar-refractivity contribution in [3.05, 3.63) is 79.1 Å². The van der Waals surface area contributed by atoms with E-state index in [1.165, 1.54) is 34.3 Å². The van der Waals surface area contributed by atoms with E-state index in [1.807, 2.05) is 20.8 Å². The van der Waals surface area contributed by atoms with Crippen molar-refractivity contribution >= 4 is 67.5 Å². The van der Waals surface area contributed by atoms with Crippen LogP contribution in [0.15, 0.2) is 66.6 Å². The normalized spacial score (nSPS) is 19.4. The second-order valence-corrected chi connectivity index (χ2v) is 19.7. The number of esters is 4. The summed E-state index contributed by atoms with van der Waals surface area (Å²) in [6.45, 7) is 7.36. The Bertz CT molecular complexity index is 2150. The summed E-state index contributed by atoms with van der Waals surface area (Å²) in [4.78, 5) is 59.9. The fourth-order valence-corrected chi connectivity index (χ4v) is 15.0. The molecule has 55 heavy (non-hydrogen) atoms. The minimum absolute atomic E-state index is 0.0103. The van der Waals surface area contributed by atoms with E-state index < -0.39 is 50.0 Å². The molecule has 0 aromatic carbocycles. The van der Waals surface area contributed by atoms with E-state index in [4.69, 9.17) is 28.9 Å². The number of methoxy groups -OCH3 is 4. The summed E-state index contributed by atoms with van der Waals surface area (Å²) in [5.41, 5.74) is 8.39. The van der Waals surface area contributed by atoms with Gasteiger partial charge >= 0.3 is 326 Å². The maximum atomic E-state index is 18.5. The number of ether oxygens (including phenoxy) is 4. The number of nitrogens with zero attached hydrogens (tertiary/aromatic N) is 4. The summed E-state index contributed by atoms with van der Waals surface area (Å²) >= 11 is -6.93. The number of hydrogen-bond acceptors (Lipinski definition) is 11. The van der Waals surface area contributed by atoms with Gasteiger partial charge in [0, 0.05) is 0 Å². The molecule has 15 heteroatoms. The van der Waals surface area contributed by atoms with Crippen molar-refractivity contribution in [3.8, 4) is 0 Å². The Hall–Kier alpha value is -4.60. The molecule has 1 atom stereocenters. The predicted molar refractivity (Wildman–Crippen MR) is 204 cm³/mol. The number of aromatic nitrogens is 1. The molecule has 0 saturated carbocycles. The van der Waals surface area contributed by atoms with Crippen molar-refractivity contribution in [1.29, 1.82) is 0 Å². The van der Waals surface area contributed by atoms with Gasteiger partial charge in [0.1, 0.15) is 0 Å². The van der Waals surface area contributed by atoms with Crippen LogP contribution >= 0.6 is 0 Å². The van der Waals surface area contributed by atoms with Gasteiger partial charge in [-0.25, -0.2) is 0 Å². The summed E-state index contributed by atoms with van der Waals surface area (Å²) in [5.74, 6) is -1.74. The van der Waals surface area contributed by atoms with E-state index >= 15 is 5.73 Å². The van der Waals surface area contributed by atoms with Gasteiger partial charge in [-0.2, -0.15) is 0 Å². The summed E-state index contributed by atoms with van der Waals surface area (Å²) in [5, 5.41) is 0. The molecule has 0 radical (unpaired) electrons. The molecule has 5 aliphatic rings. The molecule has 292 valence electrons. The monoisotopic (exact) mass is 868 g/mol. The maximum absolute atomic E-state index is 18.5. The van der Waals surface area contributed by atoms with Crippen LogP contribution in [0.3, 0.4) is 0 Å². The molecule has 0 aliphatic carbocycles. The molecule has 0 amide bonds. The van der Waals surface area contributed by atoms with Gasteiger partial charge < -0.3 is 0 Å². The van der Waals surface area contributed by atoms with Crippen LogP contribution < -0.4 is 0 Å². The van der Waals surface area contributed by atoms with Gasteiger partial charge in [-0.3, -0.25) is 0 Å². The average molecular weight is 868 g/mol. The van der Waals surface area contributed by atoms with Crippen molar-refractivity contribution in [2.24, 2.45) is 9.98 Å². The van der Waals surface area contributed by atoms with Crippen LogP contribution in [0.25, 0.3) is 12.2 Å². The summed E-state index contributed by atoms with van der Waals surface area (Å²) in [6, 6.07) is -0.881. The number of fused-ring (bicyclic) bond motifs is 2. The van der Waals surface area contributed by atoms with Gasteiger partial charge in [-0.05, 0) is 0 Å². The molecule has 6 heterocycles. The van der Waals surface area contributed by atoms with Crippen LogP contribution in [0.1, 0.15) is 94.7 Å². The van der Waals surface area contributed by atoms with E-state index in [0.29, 0.717) is 57.2 Å². The van der Waals surface area contributed by atoms with Crippen LogP contribution in [0.2, 0.25) is 0 Å². The van der Waals surface area contributed by atoms with Gasteiger partial charge in [0.25, 0.3) is 0 Å². The molecule has 0 N–H and O–H groups in total. The van der Waals surface area contributed by atoms with Crippen LogP contribution in [0, 0.1) is 6.92 Å². The number of aliphatic imine (C=N–C) groups is 2.